The molecule has 0 N–H and O–H groups in total. The summed E-state index contributed by atoms with van der Waals surface area (Å²) in [5.74, 6) is -0.102. The number of benzene rings is 1. The molecule has 0 bridgehead atoms. The van der Waals surface area contributed by atoms with Gasteiger partial charge in [-0.2, -0.15) is 0 Å². The van der Waals surface area contributed by atoms with Crippen molar-refractivity contribution in [1.29, 1.82) is 0 Å². The van der Waals surface area contributed by atoms with Crippen LogP contribution in [0, 0.1) is 11.7 Å². The molecule has 98 valence electrons. The Kier molecular flexibility index (Phi) is 4.31. The number of hydrogen-bond acceptors (Lipinski definition) is 3. The van der Waals surface area contributed by atoms with E-state index in [1.807, 2.05) is 17.9 Å². The van der Waals surface area contributed by atoms with E-state index in [-0.39, 0.29) is 17.5 Å². The van der Waals surface area contributed by atoms with Crippen LogP contribution in [0.4, 0.5) is 10.1 Å². The highest BCUT2D eigenvalue weighted by atomic mass is 19.1. The van der Waals surface area contributed by atoms with Crippen molar-refractivity contribution >= 4 is 11.5 Å². The van der Waals surface area contributed by atoms with Crippen LogP contribution in [0.2, 0.25) is 0 Å². The van der Waals surface area contributed by atoms with Crippen LogP contribution in [0.25, 0.3) is 0 Å². The molecule has 1 heterocycles. The van der Waals surface area contributed by atoms with Crippen molar-refractivity contribution in [3.8, 4) is 0 Å². The second kappa shape index (κ2) is 5.96. The predicted octanol–water partition coefficient (Wildman–Crippen LogP) is 2.26. The number of anilines is 1. The van der Waals surface area contributed by atoms with Crippen LogP contribution in [0.3, 0.4) is 0 Å². The van der Waals surface area contributed by atoms with Gasteiger partial charge in [-0.3, -0.25) is 4.79 Å². The lowest BCUT2D eigenvalue weighted by Gasteiger charge is -2.29. The smallest absolute Gasteiger partial charge is 0.142 e. The molecule has 0 aliphatic carbocycles. The van der Waals surface area contributed by atoms with E-state index in [1.165, 1.54) is 12.1 Å². The summed E-state index contributed by atoms with van der Waals surface area (Å²) >= 11 is 0. The van der Waals surface area contributed by atoms with Crippen LogP contribution in [0.15, 0.2) is 24.3 Å². The number of rotatable bonds is 4. The highest BCUT2D eigenvalue weighted by Gasteiger charge is 2.24. The molecule has 18 heavy (non-hydrogen) atoms. The summed E-state index contributed by atoms with van der Waals surface area (Å²) < 4.78 is 18.5. The maximum absolute atomic E-state index is 13.2. The van der Waals surface area contributed by atoms with Gasteiger partial charge in [0.05, 0.1) is 19.1 Å². The Labute approximate surface area is 107 Å². The van der Waals surface area contributed by atoms with E-state index >= 15 is 0 Å². The van der Waals surface area contributed by atoms with E-state index < -0.39 is 0 Å². The van der Waals surface area contributed by atoms with Gasteiger partial charge in [0.25, 0.3) is 0 Å². The number of Topliss-reactive ketones (excluding diaryl/α,β-unsaturated/α-hetero) is 1. The van der Waals surface area contributed by atoms with E-state index in [4.69, 9.17) is 4.74 Å². The van der Waals surface area contributed by atoms with Crippen molar-refractivity contribution < 1.29 is 13.9 Å². The summed E-state index contributed by atoms with van der Waals surface area (Å²) in [6.07, 6.45) is 0.491. The summed E-state index contributed by atoms with van der Waals surface area (Å²) in [5, 5.41) is 0. The second-order valence-electron chi connectivity index (χ2n) is 4.51. The molecule has 1 saturated heterocycles. The SMILES string of the molecule is CCN(CC1COCCC1=O)c1cccc(F)c1. The molecular formula is C14H18FNO2. The third-order valence-electron chi connectivity index (χ3n) is 3.26. The van der Waals surface area contributed by atoms with Gasteiger partial charge in [-0.1, -0.05) is 6.07 Å². The molecule has 0 radical (unpaired) electrons. The first-order valence-corrected chi connectivity index (χ1v) is 6.31. The first kappa shape index (κ1) is 13.0. The molecule has 1 aliphatic rings. The quantitative estimate of drug-likeness (QED) is 0.822. The molecule has 1 aliphatic heterocycles. The van der Waals surface area contributed by atoms with Gasteiger partial charge in [-0.05, 0) is 25.1 Å². The first-order valence-electron chi connectivity index (χ1n) is 6.31. The van der Waals surface area contributed by atoms with Crippen LogP contribution < -0.4 is 4.90 Å². The Balaban J connectivity index is 2.07. The number of nitrogens with zero attached hydrogens (tertiary/aromatic N) is 1. The van der Waals surface area contributed by atoms with Crippen molar-refractivity contribution in [2.45, 2.75) is 13.3 Å². The fourth-order valence-electron chi connectivity index (χ4n) is 2.21. The third-order valence-corrected chi connectivity index (χ3v) is 3.26. The number of ketones is 1. The van der Waals surface area contributed by atoms with Crippen molar-refractivity contribution in [3.05, 3.63) is 30.1 Å². The molecule has 1 fully saturated rings. The maximum Gasteiger partial charge on any atom is 0.142 e. The Morgan fingerprint density at radius 3 is 3.00 bits per heavy atom. The van der Waals surface area contributed by atoms with Gasteiger partial charge in [0, 0.05) is 25.2 Å². The van der Waals surface area contributed by atoms with Gasteiger partial charge < -0.3 is 9.64 Å². The van der Waals surface area contributed by atoms with Gasteiger partial charge in [-0.25, -0.2) is 4.39 Å². The third kappa shape index (κ3) is 3.07. The van der Waals surface area contributed by atoms with E-state index in [9.17, 15) is 9.18 Å². The molecule has 0 aromatic heterocycles. The van der Waals surface area contributed by atoms with Crippen LogP contribution in [0.5, 0.6) is 0 Å². The average molecular weight is 251 g/mol. The minimum atomic E-state index is -0.253. The van der Waals surface area contributed by atoms with Crippen molar-refractivity contribution in [1.82, 2.24) is 0 Å². The lowest BCUT2D eigenvalue weighted by molar-refractivity contribution is -0.129. The molecule has 2 rings (SSSR count). The number of carbonyl (C=O) groups excluding carboxylic acids is 1. The molecule has 3 nitrogen and oxygen atoms in total. The van der Waals surface area contributed by atoms with E-state index in [1.54, 1.807) is 6.07 Å². The molecule has 1 aromatic carbocycles. The second-order valence-corrected chi connectivity index (χ2v) is 4.51. The summed E-state index contributed by atoms with van der Waals surface area (Å²) in [4.78, 5) is 13.8. The van der Waals surface area contributed by atoms with Gasteiger partial charge >= 0.3 is 0 Å². The highest BCUT2D eigenvalue weighted by molar-refractivity contribution is 5.82. The molecule has 0 spiro atoms. The van der Waals surface area contributed by atoms with Crippen molar-refractivity contribution in [2.24, 2.45) is 5.92 Å². The van der Waals surface area contributed by atoms with Crippen molar-refractivity contribution in [3.63, 3.8) is 0 Å². The van der Waals surface area contributed by atoms with Gasteiger partial charge in [0.15, 0.2) is 0 Å². The molecule has 0 saturated carbocycles. The molecule has 1 atom stereocenters. The topological polar surface area (TPSA) is 29.5 Å². The van der Waals surface area contributed by atoms with E-state index in [2.05, 4.69) is 0 Å². The fourth-order valence-corrected chi connectivity index (χ4v) is 2.21. The van der Waals surface area contributed by atoms with Crippen LogP contribution in [-0.4, -0.2) is 32.1 Å². The maximum atomic E-state index is 13.2. The van der Waals surface area contributed by atoms with Gasteiger partial charge in [-0.15, -0.1) is 0 Å². The number of ether oxygens (including phenoxy) is 1. The van der Waals surface area contributed by atoms with Crippen molar-refractivity contribution in [2.75, 3.05) is 31.2 Å². The zero-order valence-electron chi connectivity index (χ0n) is 10.6. The number of hydrogen-bond donors (Lipinski definition) is 0. The minimum absolute atomic E-state index is 0.0954. The summed E-state index contributed by atoms with van der Waals surface area (Å²) in [5.41, 5.74) is 0.816. The molecule has 4 heteroatoms. The molecule has 0 amide bonds. The predicted molar refractivity (Wildman–Crippen MR) is 68.2 cm³/mol. The minimum Gasteiger partial charge on any atom is -0.380 e. The Morgan fingerprint density at radius 1 is 1.50 bits per heavy atom. The Hall–Kier alpha value is -1.42. The lowest BCUT2D eigenvalue weighted by atomic mass is 9.99. The lowest BCUT2D eigenvalue weighted by Crippen LogP contribution is -2.38. The van der Waals surface area contributed by atoms with Crippen LogP contribution in [-0.2, 0) is 9.53 Å². The molecular weight excluding hydrogens is 233 g/mol. The average Bonchev–Trinajstić information content (AvgIpc) is 2.38. The summed E-state index contributed by atoms with van der Waals surface area (Å²) in [7, 11) is 0. The van der Waals surface area contributed by atoms with Crippen LogP contribution >= 0.6 is 0 Å². The Bertz CT molecular complexity index is 422. The summed E-state index contributed by atoms with van der Waals surface area (Å²) in [6, 6.07) is 6.47. The number of carbonyl (C=O) groups is 1. The van der Waals surface area contributed by atoms with Gasteiger partial charge in [0.2, 0.25) is 0 Å². The van der Waals surface area contributed by atoms with E-state index in [0.717, 1.165) is 12.2 Å². The highest BCUT2D eigenvalue weighted by Crippen LogP contribution is 2.19. The van der Waals surface area contributed by atoms with Crippen LogP contribution in [0.1, 0.15) is 13.3 Å². The Morgan fingerprint density at radius 2 is 2.33 bits per heavy atom. The summed E-state index contributed by atoms with van der Waals surface area (Å²) in [6.45, 7) is 4.34. The first-order chi connectivity index (χ1) is 8.70. The molecule has 1 unspecified atom stereocenters. The fraction of sp³-hybridized carbons (Fsp3) is 0.500. The number of halogens is 1. The molecule has 1 aromatic rings. The largest absolute Gasteiger partial charge is 0.380 e. The zero-order chi connectivity index (χ0) is 13.0. The standard InChI is InChI=1S/C14H18FNO2/c1-2-16(13-5-3-4-12(15)8-13)9-11-10-18-7-6-14(11)17/h3-5,8,11H,2,6-7,9-10H2,1H3. The van der Waals surface area contributed by atoms with E-state index in [0.29, 0.717) is 26.2 Å². The zero-order valence-corrected chi connectivity index (χ0v) is 10.6. The monoisotopic (exact) mass is 251 g/mol. The normalized spacial score (nSPS) is 19.9. The van der Waals surface area contributed by atoms with Gasteiger partial charge in [0.1, 0.15) is 11.6 Å².